The van der Waals surface area contributed by atoms with Gasteiger partial charge in [-0.15, -0.1) is 0 Å². The number of hydrogen-bond donors (Lipinski definition) is 2. The predicted octanol–water partition coefficient (Wildman–Crippen LogP) is 0.461. The highest BCUT2D eigenvalue weighted by molar-refractivity contribution is 5.72. The van der Waals surface area contributed by atoms with Crippen LogP contribution < -0.4 is 5.73 Å². The molecule has 0 radical (unpaired) electrons. The molecule has 0 spiro atoms. The zero-order valence-electron chi connectivity index (χ0n) is 12.7. The first-order valence-corrected chi connectivity index (χ1v) is 7.37. The van der Waals surface area contributed by atoms with E-state index < -0.39 is 12.0 Å². The maximum Gasteiger partial charge on any atom is 0.320 e. The molecule has 0 aliphatic rings. The number of nitrogens with zero attached hydrogens (tertiary/aromatic N) is 5. The number of carboxylic acid groups (broad SMARTS) is 1. The summed E-state index contributed by atoms with van der Waals surface area (Å²) in [6.45, 7) is 1.75. The lowest BCUT2D eigenvalue weighted by Gasteiger charge is -2.21. The third kappa shape index (κ3) is 6.05. The van der Waals surface area contributed by atoms with Gasteiger partial charge in [0.2, 0.25) is 0 Å². The van der Waals surface area contributed by atoms with Gasteiger partial charge in [0.1, 0.15) is 17.7 Å². The van der Waals surface area contributed by atoms with E-state index in [4.69, 9.17) is 10.8 Å². The molecule has 1 atom stereocenters. The van der Waals surface area contributed by atoms with Crippen LogP contribution in [0.5, 0.6) is 0 Å². The summed E-state index contributed by atoms with van der Waals surface area (Å²) in [7, 11) is 0. The third-order valence-electron chi connectivity index (χ3n) is 3.28. The number of rotatable bonds is 9. The van der Waals surface area contributed by atoms with Crippen LogP contribution in [-0.4, -0.2) is 48.5 Å². The van der Waals surface area contributed by atoms with Gasteiger partial charge >= 0.3 is 5.97 Å². The zero-order chi connectivity index (χ0) is 16.5. The van der Waals surface area contributed by atoms with Crippen molar-refractivity contribution in [3.63, 3.8) is 0 Å². The van der Waals surface area contributed by atoms with Crippen LogP contribution in [0.4, 0.5) is 0 Å². The van der Waals surface area contributed by atoms with Crippen LogP contribution in [0.15, 0.2) is 36.9 Å². The smallest absolute Gasteiger partial charge is 0.320 e. The quantitative estimate of drug-likeness (QED) is 0.685. The Morgan fingerprint density at radius 2 is 1.52 bits per heavy atom. The molecule has 0 aliphatic heterocycles. The van der Waals surface area contributed by atoms with Crippen molar-refractivity contribution >= 4 is 5.97 Å². The largest absolute Gasteiger partial charge is 0.480 e. The number of carbonyl (C=O) groups is 1. The molecule has 2 aromatic rings. The Bertz CT molecular complexity index is 554. The Balaban J connectivity index is 1.95. The maximum absolute atomic E-state index is 10.8. The molecule has 0 saturated heterocycles. The first-order chi connectivity index (χ1) is 11.1. The highest BCUT2D eigenvalue weighted by Gasteiger charge is 2.14. The van der Waals surface area contributed by atoms with E-state index in [2.05, 4.69) is 24.8 Å². The average Bonchev–Trinajstić information content (AvgIpc) is 2.56. The highest BCUT2D eigenvalue weighted by atomic mass is 16.4. The highest BCUT2D eigenvalue weighted by Crippen LogP contribution is 2.06. The Hall–Kier alpha value is -2.45. The van der Waals surface area contributed by atoms with Crippen LogP contribution in [0.3, 0.4) is 0 Å². The second-order valence-corrected chi connectivity index (χ2v) is 5.13. The number of nitrogens with two attached hydrogens (primary N) is 1. The van der Waals surface area contributed by atoms with Crippen molar-refractivity contribution in [3.8, 4) is 0 Å². The van der Waals surface area contributed by atoms with E-state index in [0.717, 1.165) is 0 Å². The number of carboxylic acids is 1. The summed E-state index contributed by atoms with van der Waals surface area (Å²) in [5.41, 5.74) is 5.54. The molecule has 3 N–H and O–H groups in total. The molecule has 2 rings (SSSR count). The second kappa shape index (κ2) is 8.86. The molecule has 0 bridgehead atoms. The van der Waals surface area contributed by atoms with Crippen LogP contribution in [0.25, 0.3) is 0 Å². The van der Waals surface area contributed by atoms with Gasteiger partial charge < -0.3 is 10.8 Å². The fraction of sp³-hybridized carbons (Fsp3) is 0.400. The van der Waals surface area contributed by atoms with Gasteiger partial charge in [-0.25, -0.2) is 19.9 Å². The third-order valence-corrected chi connectivity index (χ3v) is 3.28. The minimum Gasteiger partial charge on any atom is -0.480 e. The SMILES string of the molecule is N[C@@H](CCCN(Cc1ncccn1)Cc1ncccn1)C(=O)O. The Morgan fingerprint density at radius 1 is 1.04 bits per heavy atom. The van der Waals surface area contributed by atoms with Crippen molar-refractivity contribution in [2.24, 2.45) is 5.73 Å². The van der Waals surface area contributed by atoms with Crippen LogP contribution in [0.1, 0.15) is 24.5 Å². The van der Waals surface area contributed by atoms with Crippen molar-refractivity contribution in [2.45, 2.75) is 32.0 Å². The fourth-order valence-electron chi connectivity index (χ4n) is 2.10. The zero-order valence-corrected chi connectivity index (χ0v) is 12.7. The molecule has 2 aromatic heterocycles. The standard InChI is InChI=1S/C15H20N6O2/c16-12(15(22)23)4-1-9-21(10-13-17-5-2-6-18-13)11-14-19-7-3-8-20-14/h2-3,5-8,12H,1,4,9-11,16H2,(H,22,23)/t12-/m0/s1. The van der Waals surface area contributed by atoms with E-state index in [9.17, 15) is 4.79 Å². The molecule has 8 heteroatoms. The van der Waals surface area contributed by atoms with Gasteiger partial charge in [0.15, 0.2) is 0 Å². The molecule has 0 unspecified atom stereocenters. The van der Waals surface area contributed by atoms with Gasteiger partial charge in [-0.3, -0.25) is 9.69 Å². The molecule has 0 fully saturated rings. The monoisotopic (exact) mass is 316 g/mol. The summed E-state index contributed by atoms with van der Waals surface area (Å²) < 4.78 is 0. The lowest BCUT2D eigenvalue weighted by molar-refractivity contribution is -0.138. The van der Waals surface area contributed by atoms with Crippen molar-refractivity contribution in [3.05, 3.63) is 48.6 Å². The van der Waals surface area contributed by atoms with Crippen molar-refractivity contribution in [1.29, 1.82) is 0 Å². The summed E-state index contributed by atoms with van der Waals surface area (Å²) in [4.78, 5) is 29.7. The molecule has 0 aliphatic carbocycles. The van der Waals surface area contributed by atoms with Gasteiger partial charge in [-0.05, 0) is 31.5 Å². The summed E-state index contributed by atoms with van der Waals surface area (Å²) in [6, 6.07) is 2.69. The first-order valence-electron chi connectivity index (χ1n) is 7.37. The van der Waals surface area contributed by atoms with Gasteiger partial charge in [-0.1, -0.05) is 0 Å². The van der Waals surface area contributed by atoms with E-state index in [1.807, 2.05) is 0 Å². The maximum atomic E-state index is 10.8. The van der Waals surface area contributed by atoms with Crippen LogP contribution in [0, 0.1) is 0 Å². The molecule has 0 aromatic carbocycles. The minimum atomic E-state index is -0.977. The van der Waals surface area contributed by atoms with Crippen LogP contribution >= 0.6 is 0 Å². The molecule has 0 saturated carbocycles. The van der Waals surface area contributed by atoms with Gasteiger partial charge in [0, 0.05) is 24.8 Å². The van der Waals surface area contributed by atoms with Crippen molar-refractivity contribution in [1.82, 2.24) is 24.8 Å². The number of hydrogen-bond acceptors (Lipinski definition) is 7. The van der Waals surface area contributed by atoms with E-state index in [1.54, 1.807) is 36.9 Å². The Labute approximate surface area is 134 Å². The van der Waals surface area contributed by atoms with Gasteiger partial charge in [0.05, 0.1) is 13.1 Å². The molecular weight excluding hydrogens is 296 g/mol. The van der Waals surface area contributed by atoms with Crippen molar-refractivity contribution in [2.75, 3.05) is 6.54 Å². The fourth-order valence-corrected chi connectivity index (χ4v) is 2.10. The van der Waals surface area contributed by atoms with Gasteiger partial charge in [0.25, 0.3) is 0 Å². The van der Waals surface area contributed by atoms with Crippen molar-refractivity contribution < 1.29 is 9.90 Å². The summed E-state index contributed by atoms with van der Waals surface area (Å²) >= 11 is 0. The van der Waals surface area contributed by atoms with Crippen LogP contribution in [-0.2, 0) is 17.9 Å². The summed E-state index contributed by atoms with van der Waals surface area (Å²) in [5, 5.41) is 8.84. The molecule has 23 heavy (non-hydrogen) atoms. The lowest BCUT2D eigenvalue weighted by atomic mass is 10.1. The summed E-state index contributed by atoms with van der Waals surface area (Å²) in [5.74, 6) is 0.422. The molecule has 0 amide bonds. The van der Waals surface area contributed by atoms with Gasteiger partial charge in [-0.2, -0.15) is 0 Å². The molecule has 2 heterocycles. The Morgan fingerprint density at radius 3 is 1.96 bits per heavy atom. The second-order valence-electron chi connectivity index (χ2n) is 5.13. The predicted molar refractivity (Wildman–Crippen MR) is 83.0 cm³/mol. The molecular formula is C15H20N6O2. The first kappa shape index (κ1) is 16.9. The normalized spacial score (nSPS) is 12.3. The average molecular weight is 316 g/mol. The number of aliphatic carboxylic acids is 1. The van der Waals surface area contributed by atoms with E-state index in [0.29, 0.717) is 44.1 Å². The van der Waals surface area contributed by atoms with Crippen LogP contribution in [0.2, 0.25) is 0 Å². The Kier molecular flexibility index (Phi) is 6.52. The minimum absolute atomic E-state index is 0.414. The lowest BCUT2D eigenvalue weighted by Crippen LogP contribution is -2.32. The summed E-state index contributed by atoms with van der Waals surface area (Å²) in [6.07, 6.45) is 7.85. The van der Waals surface area contributed by atoms with E-state index in [-0.39, 0.29) is 0 Å². The molecule has 8 nitrogen and oxygen atoms in total. The van der Waals surface area contributed by atoms with E-state index >= 15 is 0 Å². The number of aromatic nitrogens is 4. The molecule has 122 valence electrons. The topological polar surface area (TPSA) is 118 Å². The van der Waals surface area contributed by atoms with E-state index in [1.165, 1.54) is 0 Å².